The molecule has 3 aromatic heterocycles. The Labute approximate surface area is 183 Å². The molecule has 0 aliphatic heterocycles. The van der Waals surface area contributed by atoms with Crippen molar-refractivity contribution in [3.8, 4) is 5.75 Å². The summed E-state index contributed by atoms with van der Waals surface area (Å²) in [5, 5.41) is 6.26. The van der Waals surface area contributed by atoms with Gasteiger partial charge >= 0.3 is 0 Å². The van der Waals surface area contributed by atoms with Gasteiger partial charge in [-0.1, -0.05) is 30.3 Å². The Hall–Kier alpha value is -3.58. The molecule has 7 heteroatoms. The topological polar surface area (TPSA) is 71.4 Å². The van der Waals surface area contributed by atoms with Crippen molar-refractivity contribution in [1.29, 1.82) is 0 Å². The third kappa shape index (κ3) is 3.92. The minimum atomic E-state index is -0.0379. The summed E-state index contributed by atoms with van der Waals surface area (Å²) < 4.78 is 7.25. The second-order valence-electron chi connectivity index (χ2n) is 7.42. The van der Waals surface area contributed by atoms with Gasteiger partial charge in [0, 0.05) is 47.3 Å². The summed E-state index contributed by atoms with van der Waals surface area (Å²) in [5.41, 5.74) is 4.13. The van der Waals surface area contributed by atoms with Gasteiger partial charge in [0.1, 0.15) is 5.75 Å². The summed E-state index contributed by atoms with van der Waals surface area (Å²) in [6.07, 6.45) is 6.16. The first-order valence-electron chi connectivity index (χ1n) is 10.1. The van der Waals surface area contributed by atoms with Crippen molar-refractivity contribution in [3.63, 3.8) is 0 Å². The Morgan fingerprint density at radius 1 is 1.23 bits per heavy atom. The fourth-order valence-electron chi connectivity index (χ4n) is 3.93. The number of aromatic nitrogens is 3. The zero-order chi connectivity index (χ0) is 21.2. The number of H-pyrrole nitrogens is 1. The van der Waals surface area contributed by atoms with Crippen LogP contribution in [0.1, 0.15) is 22.7 Å². The van der Waals surface area contributed by atoms with E-state index in [0.717, 1.165) is 38.4 Å². The number of nitrogens with one attached hydrogen (secondary N) is 2. The van der Waals surface area contributed by atoms with Gasteiger partial charge in [-0.3, -0.25) is 9.20 Å². The number of benzene rings is 2. The lowest BCUT2D eigenvalue weighted by molar-refractivity contribution is -0.120. The molecule has 3 heterocycles. The number of methoxy groups -OCH3 is 1. The molecule has 1 amide bonds. The van der Waals surface area contributed by atoms with Crippen molar-refractivity contribution in [2.24, 2.45) is 0 Å². The molecule has 0 aliphatic rings. The van der Waals surface area contributed by atoms with Gasteiger partial charge in [-0.05, 0) is 29.3 Å². The number of carbonyl (C=O) groups is 1. The molecule has 31 heavy (non-hydrogen) atoms. The summed E-state index contributed by atoms with van der Waals surface area (Å²) >= 11 is 1.56. The molecule has 0 saturated heterocycles. The Morgan fingerprint density at radius 2 is 2.06 bits per heavy atom. The fourth-order valence-corrected chi connectivity index (χ4v) is 4.65. The van der Waals surface area contributed by atoms with E-state index in [1.54, 1.807) is 18.4 Å². The number of thiazole rings is 1. The third-order valence-corrected chi connectivity index (χ3v) is 6.27. The molecule has 0 aliphatic carbocycles. The molecule has 156 valence electrons. The van der Waals surface area contributed by atoms with E-state index in [9.17, 15) is 4.79 Å². The largest absolute Gasteiger partial charge is 0.497 e. The number of carbonyl (C=O) groups excluding carboxylic acids is 1. The second-order valence-corrected chi connectivity index (χ2v) is 8.29. The van der Waals surface area contributed by atoms with Crippen LogP contribution in [0.15, 0.2) is 72.5 Å². The highest BCUT2D eigenvalue weighted by molar-refractivity contribution is 7.15. The summed E-state index contributed by atoms with van der Waals surface area (Å²) in [6.45, 7) is 0.495. The van der Waals surface area contributed by atoms with Crippen LogP contribution in [0.25, 0.3) is 15.9 Å². The van der Waals surface area contributed by atoms with Crippen LogP contribution in [0.2, 0.25) is 0 Å². The smallest absolute Gasteiger partial charge is 0.226 e. The number of ether oxygens (including phenoxy) is 1. The third-order valence-electron chi connectivity index (χ3n) is 5.50. The minimum Gasteiger partial charge on any atom is -0.497 e. The molecular formula is C24H22N4O2S. The predicted molar refractivity (Wildman–Crippen MR) is 123 cm³/mol. The highest BCUT2D eigenvalue weighted by Gasteiger charge is 2.20. The number of rotatable bonds is 7. The van der Waals surface area contributed by atoms with Crippen LogP contribution in [0, 0.1) is 0 Å². The predicted octanol–water partition coefficient (Wildman–Crippen LogP) is 4.38. The molecule has 2 aromatic carbocycles. The lowest BCUT2D eigenvalue weighted by Crippen LogP contribution is -2.30. The molecule has 0 spiro atoms. The first kappa shape index (κ1) is 19.4. The standard InChI is InChI=1S/C24H22N4O2S/c1-30-18-8-6-16(7-9-18)20(21-14-25-22-5-3-2-4-19(21)22)13-26-23(29)12-17-15-28-10-11-31-24(28)27-17/h2-11,14-15,20,25H,12-13H2,1H3,(H,26,29). The van der Waals surface area contributed by atoms with E-state index < -0.39 is 0 Å². The number of hydrogen-bond acceptors (Lipinski definition) is 4. The molecular weight excluding hydrogens is 408 g/mol. The number of aromatic amines is 1. The normalized spacial score (nSPS) is 12.3. The Bertz CT molecular complexity index is 1300. The van der Waals surface area contributed by atoms with Gasteiger partial charge in [0.15, 0.2) is 4.96 Å². The molecule has 2 N–H and O–H groups in total. The molecule has 0 radical (unpaired) electrons. The fraction of sp³-hybridized carbons (Fsp3) is 0.167. The molecule has 0 fully saturated rings. The van der Waals surface area contributed by atoms with Gasteiger partial charge in [-0.25, -0.2) is 4.98 Å². The van der Waals surface area contributed by atoms with Crippen LogP contribution in [0.3, 0.4) is 0 Å². The Morgan fingerprint density at radius 3 is 2.87 bits per heavy atom. The molecule has 0 bridgehead atoms. The average molecular weight is 431 g/mol. The Balaban J connectivity index is 1.38. The lowest BCUT2D eigenvalue weighted by atomic mass is 9.90. The SMILES string of the molecule is COc1ccc(C(CNC(=O)Cc2cn3ccsc3n2)c2c[nH]c3ccccc23)cc1. The van der Waals surface area contributed by atoms with E-state index in [1.807, 2.05) is 52.6 Å². The van der Waals surface area contributed by atoms with E-state index in [0.29, 0.717) is 6.54 Å². The molecule has 5 rings (SSSR count). The van der Waals surface area contributed by atoms with Crippen molar-refractivity contribution in [1.82, 2.24) is 19.7 Å². The van der Waals surface area contributed by atoms with Gasteiger partial charge in [-0.2, -0.15) is 0 Å². The van der Waals surface area contributed by atoms with Gasteiger partial charge < -0.3 is 15.0 Å². The van der Waals surface area contributed by atoms with Crippen LogP contribution in [-0.4, -0.2) is 33.9 Å². The van der Waals surface area contributed by atoms with E-state index in [2.05, 4.69) is 39.6 Å². The quantitative estimate of drug-likeness (QED) is 0.403. The van der Waals surface area contributed by atoms with Crippen molar-refractivity contribution in [2.45, 2.75) is 12.3 Å². The first-order valence-corrected chi connectivity index (χ1v) is 11.0. The van der Waals surface area contributed by atoms with Crippen LogP contribution < -0.4 is 10.1 Å². The second kappa shape index (κ2) is 8.28. The summed E-state index contributed by atoms with van der Waals surface area (Å²) in [4.78, 5) is 21.5. The maximum absolute atomic E-state index is 12.7. The van der Waals surface area contributed by atoms with Gasteiger partial charge in [0.2, 0.25) is 5.91 Å². The lowest BCUT2D eigenvalue weighted by Gasteiger charge is -2.18. The minimum absolute atomic E-state index is 0.0106. The van der Waals surface area contributed by atoms with Crippen molar-refractivity contribution in [3.05, 3.63) is 89.3 Å². The van der Waals surface area contributed by atoms with Crippen molar-refractivity contribution in [2.75, 3.05) is 13.7 Å². The Kier molecular flexibility index (Phi) is 5.18. The summed E-state index contributed by atoms with van der Waals surface area (Å²) in [6, 6.07) is 16.2. The average Bonchev–Trinajstić information content (AvgIpc) is 3.50. The van der Waals surface area contributed by atoms with Crippen LogP contribution in [-0.2, 0) is 11.2 Å². The number of amides is 1. The van der Waals surface area contributed by atoms with Gasteiger partial charge in [-0.15, -0.1) is 11.3 Å². The van der Waals surface area contributed by atoms with Gasteiger partial charge in [0.25, 0.3) is 0 Å². The van der Waals surface area contributed by atoms with Crippen molar-refractivity contribution >= 4 is 33.1 Å². The molecule has 5 aromatic rings. The zero-order valence-electron chi connectivity index (χ0n) is 17.0. The summed E-state index contributed by atoms with van der Waals surface area (Å²) in [7, 11) is 1.66. The van der Waals surface area contributed by atoms with E-state index in [-0.39, 0.29) is 18.2 Å². The number of nitrogens with zero attached hydrogens (tertiary/aromatic N) is 2. The number of hydrogen-bond donors (Lipinski definition) is 2. The van der Waals surface area contributed by atoms with Gasteiger partial charge in [0.05, 0.1) is 19.2 Å². The monoisotopic (exact) mass is 430 g/mol. The van der Waals surface area contributed by atoms with Crippen LogP contribution >= 0.6 is 11.3 Å². The van der Waals surface area contributed by atoms with E-state index in [4.69, 9.17) is 4.74 Å². The number of imidazole rings is 1. The molecule has 1 atom stereocenters. The molecule has 1 unspecified atom stereocenters. The molecule has 6 nitrogen and oxygen atoms in total. The highest BCUT2D eigenvalue weighted by atomic mass is 32.1. The van der Waals surface area contributed by atoms with Crippen LogP contribution in [0.5, 0.6) is 5.75 Å². The van der Waals surface area contributed by atoms with Crippen LogP contribution in [0.4, 0.5) is 0 Å². The van der Waals surface area contributed by atoms with Crippen molar-refractivity contribution < 1.29 is 9.53 Å². The number of para-hydroxylation sites is 1. The molecule has 0 saturated carbocycles. The maximum Gasteiger partial charge on any atom is 0.226 e. The highest BCUT2D eigenvalue weighted by Crippen LogP contribution is 2.31. The zero-order valence-corrected chi connectivity index (χ0v) is 17.9. The summed E-state index contributed by atoms with van der Waals surface area (Å²) in [5.74, 6) is 0.783. The maximum atomic E-state index is 12.7. The number of fused-ring (bicyclic) bond motifs is 2. The van der Waals surface area contributed by atoms with E-state index in [1.165, 1.54) is 0 Å². The first-order chi connectivity index (χ1) is 15.2. The van der Waals surface area contributed by atoms with E-state index >= 15 is 0 Å².